The fourth-order valence-corrected chi connectivity index (χ4v) is 4.60. The van der Waals surface area contributed by atoms with E-state index in [0.29, 0.717) is 5.75 Å². The van der Waals surface area contributed by atoms with Gasteiger partial charge in [-0.2, -0.15) is 4.68 Å². The maximum atomic E-state index is 5.21. The molecule has 0 radical (unpaired) electrons. The Bertz CT molecular complexity index is 1070. The van der Waals surface area contributed by atoms with Crippen molar-refractivity contribution >= 4 is 23.1 Å². The number of thiazole rings is 1. The van der Waals surface area contributed by atoms with Crippen molar-refractivity contribution in [1.82, 2.24) is 25.2 Å². The lowest BCUT2D eigenvalue weighted by atomic mass is 10.1. The maximum Gasteiger partial charge on any atom is 0.214 e. The number of nitrogens with zero attached hydrogens (tertiary/aromatic N) is 5. The topological polar surface area (TPSA) is 65.7 Å². The zero-order chi connectivity index (χ0) is 19.5. The Balaban J connectivity index is 1.49. The third-order valence-electron chi connectivity index (χ3n) is 4.13. The zero-order valence-electron chi connectivity index (χ0n) is 15.8. The van der Waals surface area contributed by atoms with Crippen LogP contribution in [0.2, 0.25) is 0 Å². The molecular formula is C20H19N5OS2. The predicted octanol–water partition coefficient (Wildman–Crippen LogP) is 4.70. The molecule has 0 atom stereocenters. The summed E-state index contributed by atoms with van der Waals surface area (Å²) in [5.74, 6) is 1.55. The minimum absolute atomic E-state index is 0.706. The first-order valence-corrected chi connectivity index (χ1v) is 10.6. The van der Waals surface area contributed by atoms with Crippen LogP contribution in [-0.4, -0.2) is 32.3 Å². The quantitative estimate of drug-likeness (QED) is 0.430. The molecule has 0 aliphatic heterocycles. The summed E-state index contributed by atoms with van der Waals surface area (Å²) in [4.78, 5) is 4.75. The molecule has 0 aliphatic rings. The largest absolute Gasteiger partial charge is 0.497 e. The number of benzene rings is 2. The molecule has 0 bridgehead atoms. The molecule has 8 heteroatoms. The lowest BCUT2D eigenvalue weighted by molar-refractivity contribution is 0.415. The van der Waals surface area contributed by atoms with Gasteiger partial charge in [-0.05, 0) is 71.8 Å². The molecule has 2 heterocycles. The van der Waals surface area contributed by atoms with Crippen molar-refractivity contribution in [2.24, 2.45) is 0 Å². The summed E-state index contributed by atoms with van der Waals surface area (Å²) in [6.07, 6.45) is 0. The monoisotopic (exact) mass is 409 g/mol. The molecule has 0 saturated heterocycles. The number of rotatable bonds is 6. The van der Waals surface area contributed by atoms with E-state index in [1.807, 2.05) is 24.3 Å². The van der Waals surface area contributed by atoms with Gasteiger partial charge in [0, 0.05) is 16.7 Å². The van der Waals surface area contributed by atoms with Crippen LogP contribution in [-0.2, 0) is 5.75 Å². The molecule has 0 fully saturated rings. The summed E-state index contributed by atoms with van der Waals surface area (Å²) >= 11 is 3.21. The van der Waals surface area contributed by atoms with Gasteiger partial charge in [-0.25, -0.2) is 4.98 Å². The highest BCUT2D eigenvalue weighted by molar-refractivity contribution is 7.98. The summed E-state index contributed by atoms with van der Waals surface area (Å²) in [5.41, 5.74) is 5.44. The van der Waals surface area contributed by atoms with Crippen molar-refractivity contribution < 1.29 is 4.74 Å². The molecule has 2 aromatic heterocycles. The van der Waals surface area contributed by atoms with Gasteiger partial charge in [0.1, 0.15) is 10.8 Å². The lowest BCUT2D eigenvalue weighted by Gasteiger charge is -2.06. The second kappa shape index (κ2) is 8.12. The number of tetrazole rings is 1. The van der Waals surface area contributed by atoms with Gasteiger partial charge < -0.3 is 4.74 Å². The Morgan fingerprint density at radius 1 is 1.07 bits per heavy atom. The Morgan fingerprint density at radius 2 is 1.82 bits per heavy atom. The van der Waals surface area contributed by atoms with Crippen LogP contribution in [0.5, 0.6) is 5.75 Å². The summed E-state index contributed by atoms with van der Waals surface area (Å²) in [6.45, 7) is 4.15. The second-order valence-corrected chi connectivity index (χ2v) is 8.18. The smallest absolute Gasteiger partial charge is 0.214 e. The van der Waals surface area contributed by atoms with Gasteiger partial charge >= 0.3 is 0 Å². The molecule has 4 rings (SSSR count). The van der Waals surface area contributed by atoms with Gasteiger partial charge in [-0.15, -0.1) is 16.4 Å². The van der Waals surface area contributed by atoms with E-state index in [4.69, 9.17) is 9.72 Å². The van der Waals surface area contributed by atoms with Gasteiger partial charge in [-0.1, -0.05) is 17.8 Å². The fourth-order valence-electron chi connectivity index (χ4n) is 2.88. The molecule has 28 heavy (non-hydrogen) atoms. The third-order valence-corrected chi connectivity index (χ3v) is 6.02. The molecule has 0 N–H and O–H groups in total. The van der Waals surface area contributed by atoms with Crippen molar-refractivity contribution in [2.45, 2.75) is 24.8 Å². The SMILES string of the molecule is COc1ccc(-c2nc(CSc3nnnn3-c3cc(C)cc(C)c3)cs2)cc1. The molecule has 0 saturated carbocycles. The van der Waals surface area contributed by atoms with Crippen LogP contribution in [0.25, 0.3) is 16.3 Å². The lowest BCUT2D eigenvalue weighted by Crippen LogP contribution is -2.00. The Kier molecular flexibility index (Phi) is 5.40. The van der Waals surface area contributed by atoms with Gasteiger partial charge in [0.05, 0.1) is 18.5 Å². The normalized spacial score (nSPS) is 11.0. The summed E-state index contributed by atoms with van der Waals surface area (Å²) in [7, 11) is 1.67. The van der Waals surface area contributed by atoms with E-state index in [1.165, 1.54) is 11.1 Å². The van der Waals surface area contributed by atoms with Crippen LogP contribution in [0, 0.1) is 13.8 Å². The second-order valence-electron chi connectivity index (χ2n) is 6.38. The standard InChI is InChI=1S/C20H19N5OS2/c1-13-8-14(2)10-17(9-13)25-20(22-23-24-25)28-12-16-11-27-19(21-16)15-4-6-18(26-3)7-5-15/h4-11H,12H2,1-3H3. The van der Waals surface area contributed by atoms with E-state index in [1.54, 1.807) is 34.9 Å². The zero-order valence-corrected chi connectivity index (χ0v) is 17.4. The van der Waals surface area contributed by atoms with E-state index < -0.39 is 0 Å². The minimum Gasteiger partial charge on any atom is -0.497 e. The average Bonchev–Trinajstić information content (AvgIpc) is 3.35. The number of thioether (sulfide) groups is 1. The van der Waals surface area contributed by atoms with E-state index in [2.05, 4.69) is 53.0 Å². The van der Waals surface area contributed by atoms with Gasteiger partial charge in [0.15, 0.2) is 0 Å². The first-order valence-electron chi connectivity index (χ1n) is 8.71. The molecular weight excluding hydrogens is 390 g/mol. The Hall–Kier alpha value is -2.71. The Morgan fingerprint density at radius 3 is 2.54 bits per heavy atom. The number of hydrogen-bond acceptors (Lipinski definition) is 7. The summed E-state index contributed by atoms with van der Waals surface area (Å²) < 4.78 is 6.99. The van der Waals surface area contributed by atoms with Crippen LogP contribution in [0.1, 0.15) is 16.8 Å². The molecule has 6 nitrogen and oxygen atoms in total. The molecule has 0 aliphatic carbocycles. The predicted molar refractivity (Wildman–Crippen MR) is 112 cm³/mol. The molecule has 0 unspecified atom stereocenters. The minimum atomic E-state index is 0.706. The fraction of sp³-hybridized carbons (Fsp3) is 0.200. The van der Waals surface area contributed by atoms with E-state index in [-0.39, 0.29) is 0 Å². The van der Waals surface area contributed by atoms with Gasteiger partial charge in [0.2, 0.25) is 5.16 Å². The van der Waals surface area contributed by atoms with Crippen molar-refractivity contribution in [3.63, 3.8) is 0 Å². The highest BCUT2D eigenvalue weighted by Crippen LogP contribution is 2.29. The molecule has 142 valence electrons. The van der Waals surface area contributed by atoms with Crippen LogP contribution in [0.3, 0.4) is 0 Å². The van der Waals surface area contributed by atoms with Crippen LogP contribution in [0.15, 0.2) is 53.0 Å². The van der Waals surface area contributed by atoms with Crippen molar-refractivity contribution in [1.29, 1.82) is 0 Å². The van der Waals surface area contributed by atoms with Crippen LogP contribution < -0.4 is 4.74 Å². The van der Waals surface area contributed by atoms with E-state index in [0.717, 1.165) is 32.9 Å². The maximum absolute atomic E-state index is 5.21. The molecule has 2 aromatic carbocycles. The van der Waals surface area contributed by atoms with Crippen LogP contribution >= 0.6 is 23.1 Å². The number of hydrogen-bond donors (Lipinski definition) is 0. The van der Waals surface area contributed by atoms with E-state index >= 15 is 0 Å². The molecule has 4 aromatic rings. The summed E-state index contributed by atoms with van der Waals surface area (Å²) in [5, 5.41) is 16.0. The van der Waals surface area contributed by atoms with Crippen molar-refractivity contribution in [3.05, 3.63) is 64.7 Å². The number of ether oxygens (including phenoxy) is 1. The number of methoxy groups -OCH3 is 1. The van der Waals surface area contributed by atoms with Crippen molar-refractivity contribution in [2.75, 3.05) is 7.11 Å². The molecule has 0 amide bonds. The number of aryl methyl sites for hydroxylation is 2. The third kappa shape index (κ3) is 4.07. The highest BCUT2D eigenvalue weighted by Gasteiger charge is 2.12. The highest BCUT2D eigenvalue weighted by atomic mass is 32.2. The first-order chi connectivity index (χ1) is 13.6. The van der Waals surface area contributed by atoms with Crippen LogP contribution in [0.4, 0.5) is 0 Å². The van der Waals surface area contributed by atoms with Crippen molar-refractivity contribution in [3.8, 4) is 22.0 Å². The average molecular weight is 410 g/mol. The van der Waals surface area contributed by atoms with Gasteiger partial charge in [-0.3, -0.25) is 0 Å². The van der Waals surface area contributed by atoms with Gasteiger partial charge in [0.25, 0.3) is 0 Å². The first kappa shape index (κ1) is 18.6. The molecule has 0 spiro atoms. The summed E-state index contributed by atoms with van der Waals surface area (Å²) in [6, 6.07) is 14.2. The number of aromatic nitrogens is 5. The van der Waals surface area contributed by atoms with E-state index in [9.17, 15) is 0 Å². The Labute approximate surface area is 171 Å².